The third-order valence-electron chi connectivity index (χ3n) is 6.99. The van der Waals surface area contributed by atoms with Crippen molar-refractivity contribution in [2.24, 2.45) is 13.0 Å². The number of fused-ring (bicyclic) bond motifs is 1. The summed E-state index contributed by atoms with van der Waals surface area (Å²) < 4.78 is 73.2. The molecule has 0 aliphatic carbocycles. The van der Waals surface area contributed by atoms with Crippen molar-refractivity contribution >= 4 is 45.3 Å². The van der Waals surface area contributed by atoms with Crippen LogP contribution in [0.2, 0.25) is 0 Å². The first-order chi connectivity index (χ1) is 18.1. The number of nitrogens with one attached hydrogen (secondary N) is 3. The first-order valence-electron chi connectivity index (χ1n) is 12.4. The molecule has 212 valence electrons. The number of hydrogen-bond donors (Lipinski definition) is 3. The van der Waals surface area contributed by atoms with Gasteiger partial charge in [0.25, 0.3) is 5.56 Å². The number of piperidine rings is 1. The van der Waals surface area contributed by atoms with Gasteiger partial charge in [-0.05, 0) is 56.5 Å². The Labute approximate surface area is 229 Å². The molecular formula is C24H29ClF3N7O3S. The number of anilines is 2. The van der Waals surface area contributed by atoms with Gasteiger partial charge in [0.05, 0.1) is 16.8 Å². The Balaban J connectivity index is 0.00000353. The molecule has 0 bridgehead atoms. The maximum atomic E-state index is 15.5. The minimum atomic E-state index is -4.28. The molecule has 5 rings (SSSR count). The summed E-state index contributed by atoms with van der Waals surface area (Å²) in [4.78, 5) is 21.9. The van der Waals surface area contributed by atoms with E-state index in [1.807, 2.05) is 0 Å². The zero-order valence-corrected chi connectivity index (χ0v) is 22.7. The number of nitrogens with zero attached hydrogens (tertiary/aromatic N) is 4. The van der Waals surface area contributed by atoms with E-state index in [0.29, 0.717) is 23.8 Å². The Bertz CT molecular complexity index is 1530. The highest BCUT2D eigenvalue weighted by Gasteiger charge is 2.32. The van der Waals surface area contributed by atoms with E-state index in [4.69, 9.17) is 0 Å². The number of aromatic nitrogens is 3. The summed E-state index contributed by atoms with van der Waals surface area (Å²) in [7, 11) is -2.85. The lowest BCUT2D eigenvalue weighted by atomic mass is 9.98. The van der Waals surface area contributed by atoms with Gasteiger partial charge in [-0.3, -0.25) is 14.1 Å². The summed E-state index contributed by atoms with van der Waals surface area (Å²) in [5, 5.41) is 6.87. The van der Waals surface area contributed by atoms with E-state index in [-0.39, 0.29) is 43.1 Å². The first kappa shape index (κ1) is 29.1. The summed E-state index contributed by atoms with van der Waals surface area (Å²) in [6, 6.07) is 3.07. The van der Waals surface area contributed by atoms with Crippen LogP contribution in [0, 0.1) is 17.6 Å². The molecule has 0 radical (unpaired) electrons. The Kier molecular flexibility index (Phi) is 8.69. The number of rotatable bonds is 7. The van der Waals surface area contributed by atoms with Gasteiger partial charge in [-0.2, -0.15) is 17.7 Å². The maximum Gasteiger partial charge on any atom is 0.301 e. The molecule has 2 fully saturated rings. The van der Waals surface area contributed by atoms with Crippen LogP contribution in [0.1, 0.15) is 19.3 Å². The topological polar surface area (TPSA) is 121 Å². The number of pyridine rings is 1. The highest BCUT2D eigenvalue weighted by atomic mass is 35.5. The SMILES string of the molecule is Cl.Cn1c(=O)c(-c2c(F)ccc(NS(=O)(=O)N3CC[C@@H](F)C3)c2F)cc2cnc(NCC3CCNCC3)nc21. The smallest absolute Gasteiger partial charge is 0.301 e. The van der Waals surface area contributed by atoms with Crippen LogP contribution in [-0.4, -0.2) is 66.2 Å². The van der Waals surface area contributed by atoms with Crippen molar-refractivity contribution in [3.63, 3.8) is 0 Å². The molecule has 4 heterocycles. The van der Waals surface area contributed by atoms with Crippen molar-refractivity contribution in [2.75, 3.05) is 42.8 Å². The van der Waals surface area contributed by atoms with Crippen molar-refractivity contribution in [3.05, 3.63) is 46.4 Å². The van der Waals surface area contributed by atoms with Crippen LogP contribution in [0.15, 0.2) is 29.2 Å². The van der Waals surface area contributed by atoms with Gasteiger partial charge >= 0.3 is 10.2 Å². The van der Waals surface area contributed by atoms with Crippen molar-refractivity contribution in [1.29, 1.82) is 0 Å². The molecule has 2 aliphatic rings. The number of halogens is 4. The zero-order valence-electron chi connectivity index (χ0n) is 21.1. The summed E-state index contributed by atoms with van der Waals surface area (Å²) in [6.45, 7) is 2.17. The second-order valence-corrected chi connectivity index (χ2v) is 11.3. The van der Waals surface area contributed by atoms with Gasteiger partial charge in [-0.25, -0.2) is 18.2 Å². The molecule has 1 atom stereocenters. The second-order valence-electron chi connectivity index (χ2n) is 9.60. The average Bonchev–Trinajstić information content (AvgIpc) is 3.35. The van der Waals surface area contributed by atoms with E-state index >= 15 is 4.39 Å². The Morgan fingerprint density at radius 3 is 2.62 bits per heavy atom. The van der Waals surface area contributed by atoms with Crippen LogP contribution in [0.5, 0.6) is 0 Å². The molecule has 2 aromatic heterocycles. The fourth-order valence-electron chi connectivity index (χ4n) is 4.82. The van der Waals surface area contributed by atoms with E-state index in [1.54, 1.807) is 0 Å². The standard InChI is InChI=1S/C24H28F3N7O3S.ClH/c1-33-22-15(12-30-24(31-22)29-11-14-4-7-28-8-5-14)10-17(23(33)35)20-18(26)2-3-19(21(20)27)32-38(36,37)34-9-6-16(25)13-34;/h2-3,10,12,14,16,28,32H,4-9,11,13H2,1H3,(H,29,30,31);1H/t16-;/m1./s1. The van der Waals surface area contributed by atoms with Crippen LogP contribution in [0.4, 0.5) is 24.8 Å². The van der Waals surface area contributed by atoms with Gasteiger partial charge < -0.3 is 10.6 Å². The molecule has 0 saturated carbocycles. The normalized spacial score (nSPS) is 18.7. The molecule has 2 saturated heterocycles. The van der Waals surface area contributed by atoms with Crippen LogP contribution in [0.25, 0.3) is 22.2 Å². The van der Waals surface area contributed by atoms with Gasteiger partial charge in [0, 0.05) is 38.3 Å². The van der Waals surface area contributed by atoms with Crippen molar-refractivity contribution < 1.29 is 21.6 Å². The molecule has 1 aromatic carbocycles. The van der Waals surface area contributed by atoms with E-state index in [2.05, 4.69) is 25.3 Å². The maximum absolute atomic E-state index is 15.5. The van der Waals surface area contributed by atoms with Gasteiger partial charge in [0.1, 0.15) is 17.6 Å². The summed E-state index contributed by atoms with van der Waals surface area (Å²) in [5.41, 5.74) is -2.02. The zero-order chi connectivity index (χ0) is 27.0. The number of aryl methyl sites for hydroxylation is 1. The van der Waals surface area contributed by atoms with Crippen molar-refractivity contribution in [2.45, 2.75) is 25.4 Å². The van der Waals surface area contributed by atoms with E-state index in [9.17, 15) is 22.0 Å². The summed E-state index contributed by atoms with van der Waals surface area (Å²) in [6.07, 6.45) is 2.23. The fraction of sp³-hybridized carbons (Fsp3) is 0.458. The predicted molar refractivity (Wildman–Crippen MR) is 145 cm³/mol. The average molecular weight is 588 g/mol. The molecule has 0 spiro atoms. The monoisotopic (exact) mass is 587 g/mol. The Morgan fingerprint density at radius 2 is 1.92 bits per heavy atom. The lowest BCUT2D eigenvalue weighted by Crippen LogP contribution is -2.34. The Morgan fingerprint density at radius 1 is 1.18 bits per heavy atom. The first-order valence-corrected chi connectivity index (χ1v) is 13.8. The quantitative estimate of drug-likeness (QED) is 0.389. The minimum Gasteiger partial charge on any atom is -0.354 e. The third kappa shape index (κ3) is 5.98. The van der Waals surface area contributed by atoms with E-state index in [1.165, 1.54) is 23.9 Å². The molecule has 0 amide bonds. The molecule has 2 aliphatic heterocycles. The molecule has 3 aromatic rings. The van der Waals surface area contributed by atoms with Crippen molar-refractivity contribution in [3.8, 4) is 11.1 Å². The number of alkyl halides is 1. The second kappa shape index (κ2) is 11.7. The van der Waals surface area contributed by atoms with Crippen LogP contribution in [0.3, 0.4) is 0 Å². The van der Waals surface area contributed by atoms with Gasteiger partial charge in [-0.1, -0.05) is 0 Å². The summed E-state index contributed by atoms with van der Waals surface area (Å²) in [5.74, 6) is -1.50. The third-order valence-corrected chi connectivity index (χ3v) is 8.48. The van der Waals surface area contributed by atoms with Gasteiger partial charge in [0.15, 0.2) is 5.82 Å². The fourth-order valence-corrected chi connectivity index (χ4v) is 6.09. The molecule has 15 heteroatoms. The van der Waals surface area contributed by atoms with Gasteiger partial charge in [-0.15, -0.1) is 12.4 Å². The highest BCUT2D eigenvalue weighted by Crippen LogP contribution is 2.31. The predicted octanol–water partition coefficient (Wildman–Crippen LogP) is 2.81. The minimum absolute atomic E-state index is 0. The summed E-state index contributed by atoms with van der Waals surface area (Å²) >= 11 is 0. The van der Waals surface area contributed by atoms with E-state index in [0.717, 1.165) is 42.4 Å². The molecule has 3 N–H and O–H groups in total. The van der Waals surface area contributed by atoms with E-state index < -0.39 is 44.8 Å². The number of hydrogen-bond acceptors (Lipinski definition) is 7. The van der Waals surface area contributed by atoms with Crippen molar-refractivity contribution in [1.82, 2.24) is 24.2 Å². The Hall–Kier alpha value is -2.94. The number of benzene rings is 1. The molecular weight excluding hydrogens is 559 g/mol. The van der Waals surface area contributed by atoms with Gasteiger partial charge in [0.2, 0.25) is 5.95 Å². The van der Waals surface area contributed by atoms with Crippen LogP contribution >= 0.6 is 12.4 Å². The highest BCUT2D eigenvalue weighted by molar-refractivity contribution is 7.90. The largest absolute Gasteiger partial charge is 0.354 e. The lowest BCUT2D eigenvalue weighted by Gasteiger charge is -2.22. The molecule has 39 heavy (non-hydrogen) atoms. The van der Waals surface area contributed by atoms with Crippen LogP contribution < -0.4 is 20.9 Å². The molecule has 0 unspecified atom stereocenters. The molecule has 10 nitrogen and oxygen atoms in total. The lowest BCUT2D eigenvalue weighted by molar-refractivity contribution is 0.343. The van der Waals surface area contributed by atoms with Crippen LogP contribution in [-0.2, 0) is 17.3 Å².